The Kier molecular flexibility index (Phi) is 7.25. The van der Waals surface area contributed by atoms with Crippen LogP contribution in [0.2, 0.25) is 5.02 Å². The number of rotatable bonds is 9. The van der Waals surface area contributed by atoms with Crippen LogP contribution < -0.4 is 4.74 Å². The number of aromatic nitrogens is 2. The van der Waals surface area contributed by atoms with Gasteiger partial charge in [-0.15, -0.1) is 0 Å². The maximum Gasteiger partial charge on any atom is 0.227 e. The van der Waals surface area contributed by atoms with Crippen LogP contribution in [-0.4, -0.2) is 34.6 Å². The zero-order chi connectivity index (χ0) is 20.6. The molecule has 0 N–H and O–H groups in total. The second kappa shape index (κ2) is 10.1. The van der Waals surface area contributed by atoms with Gasteiger partial charge in [0.25, 0.3) is 0 Å². The van der Waals surface area contributed by atoms with Crippen LogP contribution in [0.3, 0.4) is 0 Å². The molecule has 0 bridgehead atoms. The van der Waals surface area contributed by atoms with Crippen molar-refractivity contribution in [2.45, 2.75) is 32.7 Å². The van der Waals surface area contributed by atoms with Gasteiger partial charge in [-0.25, -0.2) is 0 Å². The van der Waals surface area contributed by atoms with E-state index in [1.54, 1.807) is 7.11 Å². The number of methoxy groups -OCH3 is 1. The number of hydrogen-bond acceptors (Lipinski definition) is 5. The van der Waals surface area contributed by atoms with Gasteiger partial charge >= 0.3 is 0 Å². The van der Waals surface area contributed by atoms with Crippen molar-refractivity contribution in [1.82, 2.24) is 15.0 Å². The monoisotopic (exact) mass is 413 g/mol. The summed E-state index contributed by atoms with van der Waals surface area (Å²) in [6, 6.07) is 15.0. The summed E-state index contributed by atoms with van der Waals surface area (Å²) in [5.41, 5.74) is 1.85. The number of benzene rings is 2. The van der Waals surface area contributed by atoms with Crippen LogP contribution in [-0.2, 0) is 17.8 Å². The second-order valence-corrected chi connectivity index (χ2v) is 7.12. The smallest absolute Gasteiger partial charge is 0.227 e. The zero-order valence-corrected chi connectivity index (χ0v) is 17.4. The molecule has 0 saturated heterocycles. The summed E-state index contributed by atoms with van der Waals surface area (Å²) >= 11 is 6.06. The van der Waals surface area contributed by atoms with Gasteiger partial charge in [0, 0.05) is 36.5 Å². The van der Waals surface area contributed by atoms with Gasteiger partial charge in [0.2, 0.25) is 17.6 Å². The number of aryl methyl sites for hydroxylation is 1. The molecule has 7 heteroatoms. The minimum absolute atomic E-state index is 0.0519. The molecule has 0 atom stereocenters. The Balaban J connectivity index is 1.60. The Morgan fingerprint density at radius 3 is 2.69 bits per heavy atom. The maximum absolute atomic E-state index is 12.7. The average molecular weight is 414 g/mol. The number of carbonyl (C=O) groups excluding carboxylic acids is 1. The van der Waals surface area contributed by atoms with Crippen molar-refractivity contribution in [3.63, 3.8) is 0 Å². The quantitative estimate of drug-likeness (QED) is 0.505. The van der Waals surface area contributed by atoms with Crippen LogP contribution in [0.25, 0.3) is 11.4 Å². The third kappa shape index (κ3) is 5.81. The minimum Gasteiger partial charge on any atom is -0.497 e. The number of halogens is 1. The Bertz CT molecular complexity index is 940. The predicted octanol–water partition coefficient (Wildman–Crippen LogP) is 4.77. The van der Waals surface area contributed by atoms with Crippen LogP contribution in [0, 0.1) is 0 Å². The van der Waals surface area contributed by atoms with Crippen LogP contribution in [0.4, 0.5) is 0 Å². The van der Waals surface area contributed by atoms with E-state index in [0.29, 0.717) is 42.7 Å². The van der Waals surface area contributed by atoms with Crippen molar-refractivity contribution < 1.29 is 14.1 Å². The van der Waals surface area contributed by atoms with Gasteiger partial charge in [-0.2, -0.15) is 4.98 Å². The third-order valence-electron chi connectivity index (χ3n) is 4.48. The van der Waals surface area contributed by atoms with E-state index in [-0.39, 0.29) is 5.91 Å². The van der Waals surface area contributed by atoms with E-state index in [4.69, 9.17) is 20.9 Å². The fraction of sp³-hybridized carbons (Fsp3) is 0.318. The van der Waals surface area contributed by atoms with Crippen molar-refractivity contribution in [3.8, 4) is 17.1 Å². The van der Waals surface area contributed by atoms with E-state index in [1.807, 2.05) is 53.4 Å². The van der Waals surface area contributed by atoms with Gasteiger partial charge in [0.15, 0.2) is 0 Å². The van der Waals surface area contributed by atoms with Crippen molar-refractivity contribution in [2.75, 3.05) is 13.7 Å². The molecule has 3 aromatic rings. The normalized spacial score (nSPS) is 10.7. The van der Waals surface area contributed by atoms with Gasteiger partial charge < -0.3 is 14.2 Å². The van der Waals surface area contributed by atoms with E-state index in [9.17, 15) is 4.79 Å². The van der Waals surface area contributed by atoms with Crippen molar-refractivity contribution >= 4 is 17.5 Å². The topological polar surface area (TPSA) is 68.5 Å². The summed E-state index contributed by atoms with van der Waals surface area (Å²) in [7, 11) is 1.62. The molecule has 0 aliphatic rings. The van der Waals surface area contributed by atoms with E-state index >= 15 is 0 Å². The highest BCUT2D eigenvalue weighted by atomic mass is 35.5. The Hall–Kier alpha value is -2.86. The molecule has 0 aliphatic heterocycles. The van der Waals surface area contributed by atoms with Crippen molar-refractivity contribution in [2.24, 2.45) is 0 Å². The minimum atomic E-state index is 0.0519. The average Bonchev–Trinajstić information content (AvgIpc) is 3.21. The highest BCUT2D eigenvalue weighted by molar-refractivity contribution is 6.30. The van der Waals surface area contributed by atoms with E-state index in [2.05, 4.69) is 17.1 Å². The summed E-state index contributed by atoms with van der Waals surface area (Å²) in [5.74, 6) is 1.76. The molecular formula is C22H24ClN3O3. The summed E-state index contributed by atoms with van der Waals surface area (Å²) in [5, 5.41) is 4.68. The van der Waals surface area contributed by atoms with Crippen LogP contribution in [0.15, 0.2) is 53.1 Å². The number of ether oxygens (including phenoxy) is 1. The molecule has 0 saturated carbocycles. The number of amides is 1. The molecule has 1 heterocycles. The lowest BCUT2D eigenvalue weighted by atomic mass is 10.2. The molecule has 29 heavy (non-hydrogen) atoms. The van der Waals surface area contributed by atoms with Crippen LogP contribution in [0.5, 0.6) is 5.75 Å². The predicted molar refractivity (Wildman–Crippen MR) is 112 cm³/mol. The number of carbonyl (C=O) groups is 1. The lowest BCUT2D eigenvalue weighted by Crippen LogP contribution is -2.31. The van der Waals surface area contributed by atoms with Gasteiger partial charge in [0.05, 0.1) is 7.11 Å². The molecule has 3 rings (SSSR count). The summed E-state index contributed by atoms with van der Waals surface area (Å²) in [6.07, 6.45) is 1.59. The fourth-order valence-corrected chi connectivity index (χ4v) is 3.22. The molecule has 1 amide bonds. The first kappa shape index (κ1) is 20.9. The van der Waals surface area contributed by atoms with Gasteiger partial charge in [-0.3, -0.25) is 4.79 Å². The zero-order valence-electron chi connectivity index (χ0n) is 16.6. The standard InChI is InChI=1S/C22H24ClN3O3/c1-3-13-26(15-16-5-4-6-18(23)14-16)21(27)12-11-20-24-22(25-29-20)17-7-9-19(28-2)10-8-17/h4-10,14H,3,11-13,15H2,1-2H3. The lowest BCUT2D eigenvalue weighted by molar-refractivity contribution is -0.131. The highest BCUT2D eigenvalue weighted by Gasteiger charge is 2.16. The molecule has 0 spiro atoms. The molecule has 0 aliphatic carbocycles. The molecule has 6 nitrogen and oxygen atoms in total. The fourth-order valence-electron chi connectivity index (χ4n) is 3.00. The van der Waals surface area contributed by atoms with E-state index in [0.717, 1.165) is 23.3 Å². The number of nitrogens with zero attached hydrogens (tertiary/aromatic N) is 3. The van der Waals surface area contributed by atoms with E-state index < -0.39 is 0 Å². The van der Waals surface area contributed by atoms with E-state index in [1.165, 1.54) is 0 Å². The largest absolute Gasteiger partial charge is 0.497 e. The highest BCUT2D eigenvalue weighted by Crippen LogP contribution is 2.20. The lowest BCUT2D eigenvalue weighted by Gasteiger charge is -2.22. The van der Waals surface area contributed by atoms with Crippen LogP contribution >= 0.6 is 11.6 Å². The molecule has 0 radical (unpaired) electrons. The molecule has 1 aromatic heterocycles. The van der Waals surface area contributed by atoms with Crippen molar-refractivity contribution in [3.05, 3.63) is 65.0 Å². The van der Waals surface area contributed by atoms with Gasteiger partial charge in [-0.1, -0.05) is 35.8 Å². The summed E-state index contributed by atoms with van der Waals surface area (Å²) < 4.78 is 10.5. The molecular weight excluding hydrogens is 390 g/mol. The van der Waals surface area contributed by atoms with Crippen LogP contribution in [0.1, 0.15) is 31.2 Å². The third-order valence-corrected chi connectivity index (χ3v) is 4.71. The Morgan fingerprint density at radius 2 is 2.00 bits per heavy atom. The second-order valence-electron chi connectivity index (χ2n) is 6.69. The SMILES string of the molecule is CCCN(Cc1cccc(Cl)c1)C(=O)CCc1nc(-c2ccc(OC)cc2)no1. The molecule has 152 valence electrons. The summed E-state index contributed by atoms with van der Waals surface area (Å²) in [6.45, 7) is 3.28. The summed E-state index contributed by atoms with van der Waals surface area (Å²) in [4.78, 5) is 19.0. The number of hydrogen-bond donors (Lipinski definition) is 0. The first-order valence-electron chi connectivity index (χ1n) is 9.58. The molecule has 0 unspecified atom stereocenters. The van der Waals surface area contributed by atoms with Gasteiger partial charge in [-0.05, 0) is 48.4 Å². The molecule has 0 fully saturated rings. The Morgan fingerprint density at radius 1 is 1.21 bits per heavy atom. The maximum atomic E-state index is 12.7. The van der Waals surface area contributed by atoms with Crippen molar-refractivity contribution in [1.29, 1.82) is 0 Å². The Labute approximate surface area is 175 Å². The first-order chi connectivity index (χ1) is 14.1. The first-order valence-corrected chi connectivity index (χ1v) is 9.96. The molecule has 2 aromatic carbocycles. The van der Waals surface area contributed by atoms with Gasteiger partial charge in [0.1, 0.15) is 5.75 Å².